The molecule has 2 aromatic carbocycles. The maximum Gasteiger partial charge on any atom is 0.315 e. The molecule has 1 aromatic heterocycles. The van der Waals surface area contributed by atoms with Crippen LogP contribution in [0, 0.1) is 10.1 Å². The molecule has 2 N–H and O–H groups in total. The highest BCUT2D eigenvalue weighted by atomic mass is 32.2. The fourth-order valence-corrected chi connectivity index (χ4v) is 4.27. The van der Waals surface area contributed by atoms with Crippen molar-refractivity contribution >= 4 is 37.9 Å². The number of nitrogens with zero attached hydrogens (tertiary/aromatic N) is 2. The molecular formula is C17H16N4O5S2. The summed E-state index contributed by atoms with van der Waals surface area (Å²) in [7, 11) is -2.36. The maximum atomic E-state index is 12.3. The van der Waals surface area contributed by atoms with Gasteiger partial charge in [0.1, 0.15) is 0 Å². The average Bonchev–Trinajstić information content (AvgIpc) is 3.18. The number of rotatable bonds is 8. The molecule has 0 saturated carbocycles. The molecule has 3 aromatic rings. The number of hydrogen-bond acceptors (Lipinski definition) is 8. The topological polar surface area (TPSA) is 123 Å². The third kappa shape index (κ3) is 4.38. The molecule has 28 heavy (non-hydrogen) atoms. The van der Waals surface area contributed by atoms with Crippen LogP contribution in [0.4, 0.5) is 16.5 Å². The third-order valence-electron chi connectivity index (χ3n) is 3.79. The fraction of sp³-hybridized carbons (Fsp3) is 0.118. The van der Waals surface area contributed by atoms with E-state index in [0.29, 0.717) is 11.3 Å². The van der Waals surface area contributed by atoms with Gasteiger partial charge in [0.2, 0.25) is 0 Å². The van der Waals surface area contributed by atoms with E-state index in [-0.39, 0.29) is 28.0 Å². The summed E-state index contributed by atoms with van der Waals surface area (Å²) in [4.78, 5) is 14.8. The fourth-order valence-electron chi connectivity index (χ4n) is 2.48. The van der Waals surface area contributed by atoms with Gasteiger partial charge in [0.05, 0.1) is 22.5 Å². The minimum Gasteiger partial charge on any atom is -0.490 e. The molecule has 0 bridgehead atoms. The van der Waals surface area contributed by atoms with Gasteiger partial charge in [0.15, 0.2) is 10.9 Å². The second-order valence-electron chi connectivity index (χ2n) is 5.55. The number of ether oxygens (including phenoxy) is 1. The van der Waals surface area contributed by atoms with Crippen molar-refractivity contribution < 1.29 is 18.1 Å². The minimum absolute atomic E-state index is 0.0839. The van der Waals surface area contributed by atoms with Crippen LogP contribution in [0.2, 0.25) is 0 Å². The molecule has 3 rings (SSSR count). The summed E-state index contributed by atoms with van der Waals surface area (Å²) < 4.78 is 32.1. The van der Waals surface area contributed by atoms with Gasteiger partial charge in [-0.25, -0.2) is 13.4 Å². The lowest BCUT2D eigenvalue weighted by molar-refractivity contribution is -0.386. The second-order valence-corrected chi connectivity index (χ2v) is 8.12. The molecule has 0 aliphatic rings. The molecule has 0 atom stereocenters. The largest absolute Gasteiger partial charge is 0.490 e. The van der Waals surface area contributed by atoms with Crippen LogP contribution in [-0.2, 0) is 16.6 Å². The molecule has 1 heterocycles. The Bertz CT molecular complexity index is 1070. The molecule has 0 aliphatic carbocycles. The second kappa shape index (κ2) is 8.23. The number of aromatic nitrogens is 1. The predicted molar refractivity (Wildman–Crippen MR) is 106 cm³/mol. The molecular weight excluding hydrogens is 404 g/mol. The highest BCUT2D eigenvalue weighted by molar-refractivity contribution is 7.93. The van der Waals surface area contributed by atoms with E-state index in [2.05, 4.69) is 15.0 Å². The Kier molecular flexibility index (Phi) is 5.76. The van der Waals surface area contributed by atoms with E-state index in [4.69, 9.17) is 4.74 Å². The van der Waals surface area contributed by atoms with Crippen LogP contribution in [0.15, 0.2) is 58.9 Å². The van der Waals surface area contributed by atoms with Gasteiger partial charge in [-0.3, -0.25) is 14.8 Å². The lowest BCUT2D eigenvalue weighted by atomic mass is 10.1. The highest BCUT2D eigenvalue weighted by Gasteiger charge is 2.20. The van der Waals surface area contributed by atoms with Crippen LogP contribution in [0.5, 0.6) is 5.75 Å². The van der Waals surface area contributed by atoms with Crippen molar-refractivity contribution in [2.45, 2.75) is 11.4 Å². The Morgan fingerprint density at radius 2 is 1.96 bits per heavy atom. The number of nitro groups is 1. The molecule has 0 saturated heterocycles. The molecule has 0 radical (unpaired) electrons. The Hall–Kier alpha value is -3.18. The summed E-state index contributed by atoms with van der Waals surface area (Å²) in [5.41, 5.74) is 0.959. The SMILES string of the molecule is COc1cccc(CNc2ccc(S(=O)(=O)Nc3nccs3)cc2)c1[N+](=O)[O-]. The van der Waals surface area contributed by atoms with E-state index >= 15 is 0 Å². The van der Waals surface area contributed by atoms with Gasteiger partial charge in [-0.15, -0.1) is 11.3 Å². The minimum atomic E-state index is -3.73. The van der Waals surface area contributed by atoms with Crippen molar-refractivity contribution in [2.24, 2.45) is 0 Å². The number of nitro benzene ring substituents is 1. The Labute approximate surface area is 165 Å². The number of hydrogen-bond donors (Lipinski definition) is 2. The maximum absolute atomic E-state index is 12.3. The number of nitrogens with one attached hydrogen (secondary N) is 2. The number of thiazole rings is 1. The molecule has 0 unspecified atom stereocenters. The first-order valence-corrected chi connectivity index (χ1v) is 10.3. The van der Waals surface area contributed by atoms with Crippen molar-refractivity contribution in [3.8, 4) is 5.75 Å². The first-order chi connectivity index (χ1) is 13.4. The van der Waals surface area contributed by atoms with E-state index in [9.17, 15) is 18.5 Å². The van der Waals surface area contributed by atoms with Gasteiger partial charge in [-0.05, 0) is 30.3 Å². The zero-order valence-corrected chi connectivity index (χ0v) is 16.3. The van der Waals surface area contributed by atoms with E-state index in [1.807, 2.05) is 0 Å². The summed E-state index contributed by atoms with van der Waals surface area (Å²) in [5, 5.41) is 16.3. The zero-order valence-electron chi connectivity index (χ0n) is 14.7. The third-order valence-corrected chi connectivity index (χ3v) is 5.96. The first kappa shape index (κ1) is 19.6. The lowest BCUT2D eigenvalue weighted by Gasteiger charge is -2.10. The Balaban J connectivity index is 1.73. The van der Waals surface area contributed by atoms with Gasteiger partial charge in [-0.1, -0.05) is 12.1 Å². The van der Waals surface area contributed by atoms with Crippen LogP contribution in [0.3, 0.4) is 0 Å². The van der Waals surface area contributed by atoms with Crippen molar-refractivity contribution in [3.63, 3.8) is 0 Å². The molecule has 146 valence electrons. The summed E-state index contributed by atoms with van der Waals surface area (Å²) in [6.45, 7) is 0.178. The number of para-hydroxylation sites is 1. The molecule has 11 heteroatoms. The van der Waals surface area contributed by atoms with Gasteiger partial charge < -0.3 is 10.1 Å². The summed E-state index contributed by atoms with van der Waals surface area (Å²) in [5.74, 6) is 0.180. The van der Waals surface area contributed by atoms with Crippen LogP contribution >= 0.6 is 11.3 Å². The Morgan fingerprint density at radius 1 is 1.21 bits per heavy atom. The van der Waals surface area contributed by atoms with Gasteiger partial charge >= 0.3 is 5.69 Å². The van der Waals surface area contributed by atoms with E-state index in [0.717, 1.165) is 0 Å². The monoisotopic (exact) mass is 420 g/mol. The summed E-state index contributed by atoms with van der Waals surface area (Å²) in [6.07, 6.45) is 1.51. The van der Waals surface area contributed by atoms with Crippen LogP contribution in [0.1, 0.15) is 5.56 Å². The van der Waals surface area contributed by atoms with Gasteiger partial charge in [-0.2, -0.15) is 0 Å². The summed E-state index contributed by atoms with van der Waals surface area (Å²) >= 11 is 1.18. The normalized spacial score (nSPS) is 11.0. The van der Waals surface area contributed by atoms with Crippen molar-refractivity contribution in [3.05, 3.63) is 69.7 Å². The quantitative estimate of drug-likeness (QED) is 0.422. The lowest BCUT2D eigenvalue weighted by Crippen LogP contribution is -2.12. The number of methoxy groups -OCH3 is 1. The smallest absolute Gasteiger partial charge is 0.315 e. The molecule has 0 aliphatic heterocycles. The highest BCUT2D eigenvalue weighted by Crippen LogP contribution is 2.31. The van der Waals surface area contributed by atoms with Crippen molar-refractivity contribution in [1.82, 2.24) is 4.98 Å². The average molecular weight is 420 g/mol. The number of sulfonamides is 1. The van der Waals surface area contributed by atoms with E-state index in [1.54, 1.807) is 29.6 Å². The van der Waals surface area contributed by atoms with Gasteiger partial charge in [0.25, 0.3) is 10.0 Å². The van der Waals surface area contributed by atoms with Gasteiger partial charge in [0, 0.05) is 23.8 Å². The zero-order chi connectivity index (χ0) is 20.1. The van der Waals surface area contributed by atoms with Crippen LogP contribution in [-0.4, -0.2) is 25.4 Å². The number of anilines is 2. The van der Waals surface area contributed by atoms with Crippen molar-refractivity contribution in [2.75, 3.05) is 17.1 Å². The molecule has 9 nitrogen and oxygen atoms in total. The van der Waals surface area contributed by atoms with Crippen LogP contribution in [0.25, 0.3) is 0 Å². The van der Waals surface area contributed by atoms with Crippen molar-refractivity contribution in [1.29, 1.82) is 0 Å². The molecule has 0 spiro atoms. The van der Waals surface area contributed by atoms with Crippen LogP contribution < -0.4 is 14.8 Å². The first-order valence-electron chi connectivity index (χ1n) is 7.97. The Morgan fingerprint density at radius 3 is 2.57 bits per heavy atom. The van der Waals surface area contributed by atoms with E-state index in [1.165, 1.54) is 42.8 Å². The van der Waals surface area contributed by atoms with E-state index < -0.39 is 14.9 Å². The summed E-state index contributed by atoms with van der Waals surface area (Å²) in [6, 6.07) is 10.9. The number of benzene rings is 2. The standard InChI is InChI=1S/C17H16N4O5S2/c1-26-15-4-2-3-12(16(15)21(22)23)11-19-13-5-7-14(8-6-13)28(24,25)20-17-18-9-10-27-17/h2-10,19H,11H2,1H3,(H,18,20). The molecule has 0 fully saturated rings. The predicted octanol–water partition coefficient (Wildman–Crippen LogP) is 3.47. The molecule has 0 amide bonds.